The summed E-state index contributed by atoms with van der Waals surface area (Å²) in [7, 11) is 0. The zero-order chi connectivity index (χ0) is 0. The van der Waals surface area contributed by atoms with Crippen molar-refractivity contribution in [3.63, 3.8) is 0 Å². The molecule has 0 N–H and O–H groups in total. The van der Waals surface area contributed by atoms with Crippen molar-refractivity contribution in [3.8, 4) is 0 Å². The van der Waals surface area contributed by atoms with Crippen molar-refractivity contribution >= 4 is 0 Å². The first kappa shape index (κ1) is 68.6. The van der Waals surface area contributed by atoms with Crippen molar-refractivity contribution < 1.29 is 142 Å². The summed E-state index contributed by atoms with van der Waals surface area (Å²) in [6.45, 7) is 0. The number of hydrogen-bond donors (Lipinski definition) is 0. The summed E-state index contributed by atoms with van der Waals surface area (Å²) in [6, 6.07) is 0. The third-order valence-electron chi connectivity index (χ3n) is 0. The molecule has 0 atom stereocenters. The summed E-state index contributed by atoms with van der Waals surface area (Å²) in [5.74, 6) is 0. The van der Waals surface area contributed by atoms with Gasteiger partial charge in [-0.15, -0.1) is 0 Å². The van der Waals surface area contributed by atoms with E-state index in [1.807, 2.05) is 0 Å². The van der Waals surface area contributed by atoms with Gasteiger partial charge in [0, 0.05) is 42.1 Å². The predicted octanol–water partition coefficient (Wildman–Crippen LogP) is -0.361. The average Bonchev–Trinajstić information content (AvgIpc) is 0. The molecule has 3 nitrogen and oxygen atoms in total. The SMILES string of the molecule is [Ce+3].[Ce+3].[O-2].[O-2].[O-2].[Pt].[Pt]. The van der Waals surface area contributed by atoms with Crippen molar-refractivity contribution in [1.82, 2.24) is 0 Å². The van der Waals surface area contributed by atoms with Gasteiger partial charge in [0.15, 0.2) is 0 Å². The van der Waals surface area contributed by atoms with E-state index in [0.29, 0.717) is 0 Å². The Kier molecular flexibility index (Phi) is 495. The van der Waals surface area contributed by atoms with Crippen molar-refractivity contribution in [2.45, 2.75) is 0 Å². The van der Waals surface area contributed by atoms with Gasteiger partial charge in [-0.3, -0.25) is 0 Å². The minimum Gasteiger partial charge on any atom is -2.00 e. The van der Waals surface area contributed by atoms with E-state index in [4.69, 9.17) is 0 Å². The van der Waals surface area contributed by atoms with Gasteiger partial charge < -0.3 is 16.4 Å². The molecule has 0 unspecified atom stereocenters. The van der Waals surface area contributed by atoms with E-state index >= 15 is 0 Å². The molecule has 0 heterocycles. The van der Waals surface area contributed by atoms with Crippen LogP contribution in [0, 0.1) is 83.5 Å². The van der Waals surface area contributed by atoms with Crippen molar-refractivity contribution in [1.29, 1.82) is 0 Å². The standard InChI is InChI=1S/2Ce.3O.2Pt/q2*+3;3*-2;;. The van der Waals surface area contributed by atoms with Crippen LogP contribution in [0.3, 0.4) is 0 Å². The van der Waals surface area contributed by atoms with E-state index in [1.165, 1.54) is 0 Å². The van der Waals surface area contributed by atoms with E-state index in [1.54, 1.807) is 0 Å². The van der Waals surface area contributed by atoms with Crippen molar-refractivity contribution in [2.75, 3.05) is 0 Å². The monoisotopic (exact) mass is 718 g/mol. The third-order valence-corrected chi connectivity index (χ3v) is 0. The van der Waals surface area contributed by atoms with Crippen LogP contribution in [0.2, 0.25) is 0 Å². The van der Waals surface area contributed by atoms with Crippen molar-refractivity contribution in [2.24, 2.45) is 0 Å². The summed E-state index contributed by atoms with van der Waals surface area (Å²) < 4.78 is 0. The Hall–Kier alpha value is 4.01. The normalized spacial score (nSPS) is 0. The van der Waals surface area contributed by atoms with Crippen LogP contribution in [0.25, 0.3) is 0 Å². The molecule has 0 aromatic heterocycles. The smallest absolute Gasteiger partial charge is 2.00 e. The molecule has 0 aromatic carbocycles. The molecule has 2 radical (unpaired) electrons. The maximum absolute atomic E-state index is 0. The summed E-state index contributed by atoms with van der Waals surface area (Å²) in [6.07, 6.45) is 0. The molecule has 0 aromatic rings. The molecule has 0 rings (SSSR count). The molecule has 0 bridgehead atoms. The van der Waals surface area contributed by atoms with E-state index in [2.05, 4.69) is 0 Å². The first-order valence-electron chi connectivity index (χ1n) is 0. The van der Waals surface area contributed by atoms with Crippen molar-refractivity contribution in [3.05, 3.63) is 0 Å². The third kappa shape index (κ3) is 39.9. The van der Waals surface area contributed by atoms with Gasteiger partial charge in [-0.05, 0) is 0 Å². The summed E-state index contributed by atoms with van der Waals surface area (Å²) in [5.41, 5.74) is 0. The Bertz CT molecular complexity index is 10.9. The summed E-state index contributed by atoms with van der Waals surface area (Å²) in [4.78, 5) is 0. The maximum Gasteiger partial charge on any atom is 3.00 e. The van der Waals surface area contributed by atoms with Crippen LogP contribution in [0.5, 0.6) is 0 Å². The largest absolute Gasteiger partial charge is 3.00 e. The fourth-order valence-corrected chi connectivity index (χ4v) is 0. The molecule has 0 amide bonds. The molecule has 0 fully saturated rings. The van der Waals surface area contributed by atoms with Gasteiger partial charge in [0.25, 0.3) is 0 Å². The van der Waals surface area contributed by atoms with E-state index in [-0.39, 0.29) is 142 Å². The molecule has 7 heavy (non-hydrogen) atoms. The van der Waals surface area contributed by atoms with Gasteiger partial charge >= 0.3 is 83.5 Å². The van der Waals surface area contributed by atoms with Gasteiger partial charge in [-0.25, -0.2) is 0 Å². The maximum atomic E-state index is 0. The van der Waals surface area contributed by atoms with Crippen LogP contribution < -0.4 is 0 Å². The van der Waals surface area contributed by atoms with Gasteiger partial charge in [0.05, 0.1) is 0 Å². The molecule has 0 saturated heterocycles. The zero-order valence-electron chi connectivity index (χ0n) is 2.86. The van der Waals surface area contributed by atoms with E-state index < -0.39 is 0 Å². The topological polar surface area (TPSA) is 85.5 Å². The van der Waals surface area contributed by atoms with Crippen LogP contribution in [0.15, 0.2) is 0 Å². The molecule has 0 saturated carbocycles. The molecule has 0 spiro atoms. The molecule has 0 aliphatic rings. The second-order valence-electron chi connectivity index (χ2n) is 0. The molecule has 0 aliphatic carbocycles. The number of rotatable bonds is 0. The van der Waals surface area contributed by atoms with Crippen LogP contribution in [0.1, 0.15) is 0 Å². The molecular weight excluding hydrogens is 718 g/mol. The van der Waals surface area contributed by atoms with Gasteiger partial charge in [-0.1, -0.05) is 0 Å². The molecule has 0 aliphatic heterocycles. The van der Waals surface area contributed by atoms with Crippen LogP contribution in [-0.4, -0.2) is 0 Å². The predicted molar refractivity (Wildman–Crippen MR) is 2.06 cm³/mol. The summed E-state index contributed by atoms with van der Waals surface area (Å²) >= 11 is 0. The average molecular weight is 718 g/mol. The number of hydrogen-bond acceptors (Lipinski definition) is 0. The van der Waals surface area contributed by atoms with E-state index in [9.17, 15) is 0 Å². The molecular formula is Ce2O3Pt2. The van der Waals surface area contributed by atoms with Gasteiger partial charge in [-0.2, -0.15) is 0 Å². The minimum absolute atomic E-state index is 0. The van der Waals surface area contributed by atoms with Gasteiger partial charge in [0.2, 0.25) is 0 Å². The Balaban J connectivity index is 0. The van der Waals surface area contributed by atoms with Gasteiger partial charge in [0.1, 0.15) is 0 Å². The Labute approximate surface area is 138 Å². The fraction of sp³-hybridized carbons (Fsp3) is 0. The Morgan fingerprint density at radius 3 is 0.429 bits per heavy atom. The molecule has 46 valence electrons. The second kappa shape index (κ2) is 50.5. The van der Waals surface area contributed by atoms with E-state index in [0.717, 1.165) is 0 Å². The zero-order valence-corrected chi connectivity index (χ0v) is 13.7. The van der Waals surface area contributed by atoms with Crippen LogP contribution >= 0.6 is 0 Å². The Morgan fingerprint density at radius 1 is 0.429 bits per heavy atom. The van der Waals surface area contributed by atoms with Crippen LogP contribution in [0.4, 0.5) is 0 Å². The summed E-state index contributed by atoms with van der Waals surface area (Å²) in [5, 5.41) is 0. The Morgan fingerprint density at radius 2 is 0.429 bits per heavy atom. The minimum atomic E-state index is 0. The fourth-order valence-electron chi connectivity index (χ4n) is 0. The quantitative estimate of drug-likeness (QED) is 0.328. The molecule has 7 heteroatoms. The second-order valence-corrected chi connectivity index (χ2v) is 0. The van der Waals surface area contributed by atoms with Crippen LogP contribution in [-0.2, 0) is 58.6 Å². The first-order chi connectivity index (χ1) is 0. The first-order valence-corrected chi connectivity index (χ1v) is 0.